The maximum atomic E-state index is 12.3. The van der Waals surface area contributed by atoms with E-state index in [1.54, 1.807) is 19.1 Å². The van der Waals surface area contributed by atoms with Crippen molar-refractivity contribution in [2.24, 2.45) is 0 Å². The lowest BCUT2D eigenvalue weighted by molar-refractivity contribution is -0.123. The van der Waals surface area contributed by atoms with Crippen molar-refractivity contribution in [3.05, 3.63) is 70.6 Å². The van der Waals surface area contributed by atoms with E-state index in [0.29, 0.717) is 10.7 Å². The Bertz CT molecular complexity index is 967. The van der Waals surface area contributed by atoms with Crippen LogP contribution < -0.4 is 5.32 Å². The summed E-state index contributed by atoms with van der Waals surface area (Å²) >= 11 is 1.33. The molecule has 27 heavy (non-hydrogen) atoms. The average molecular weight is 380 g/mol. The molecule has 1 heterocycles. The molecule has 0 aliphatic carbocycles. The summed E-state index contributed by atoms with van der Waals surface area (Å²) in [6, 6.07) is 15.0. The van der Waals surface area contributed by atoms with Gasteiger partial charge in [0.25, 0.3) is 5.91 Å². The van der Waals surface area contributed by atoms with Crippen LogP contribution in [-0.4, -0.2) is 23.0 Å². The maximum absolute atomic E-state index is 12.3. The van der Waals surface area contributed by atoms with Crippen LogP contribution in [-0.2, 0) is 9.53 Å². The highest BCUT2D eigenvalue weighted by Gasteiger charge is 2.20. The third-order valence-corrected chi connectivity index (χ3v) is 4.96. The van der Waals surface area contributed by atoms with Gasteiger partial charge in [0.15, 0.2) is 11.2 Å². The van der Waals surface area contributed by atoms with Gasteiger partial charge in [0.2, 0.25) is 0 Å². The minimum absolute atomic E-state index is 0.416. The zero-order valence-electron chi connectivity index (χ0n) is 15.4. The summed E-state index contributed by atoms with van der Waals surface area (Å²) in [5, 5.41) is 5.04. The molecule has 0 bridgehead atoms. The van der Waals surface area contributed by atoms with Gasteiger partial charge in [0.1, 0.15) is 0 Å². The van der Waals surface area contributed by atoms with Crippen LogP contribution in [0.3, 0.4) is 0 Å². The number of hydrogen-bond acceptors (Lipinski definition) is 5. The lowest BCUT2D eigenvalue weighted by Crippen LogP contribution is -2.30. The van der Waals surface area contributed by atoms with E-state index < -0.39 is 18.0 Å². The molecule has 0 saturated heterocycles. The molecule has 5 nitrogen and oxygen atoms in total. The summed E-state index contributed by atoms with van der Waals surface area (Å²) in [5.74, 6) is -0.939. The van der Waals surface area contributed by atoms with Crippen molar-refractivity contribution in [2.75, 3.05) is 5.32 Å². The molecule has 138 valence electrons. The van der Waals surface area contributed by atoms with Gasteiger partial charge in [0.05, 0.1) is 11.3 Å². The van der Waals surface area contributed by atoms with Crippen LogP contribution in [0.1, 0.15) is 28.4 Å². The number of benzene rings is 2. The van der Waals surface area contributed by atoms with Crippen LogP contribution in [0.2, 0.25) is 0 Å². The first kappa shape index (κ1) is 18.8. The topological polar surface area (TPSA) is 68.3 Å². The second-order valence-corrected chi connectivity index (χ2v) is 7.10. The Balaban J connectivity index is 1.61. The minimum Gasteiger partial charge on any atom is -0.449 e. The number of carbonyl (C=O) groups is 2. The molecule has 0 spiro atoms. The van der Waals surface area contributed by atoms with E-state index in [-0.39, 0.29) is 0 Å². The van der Waals surface area contributed by atoms with Crippen LogP contribution in [0.25, 0.3) is 11.3 Å². The van der Waals surface area contributed by atoms with Gasteiger partial charge in [-0.2, -0.15) is 0 Å². The molecule has 1 N–H and O–H groups in total. The maximum Gasteiger partial charge on any atom is 0.338 e. The Morgan fingerprint density at radius 3 is 2.52 bits per heavy atom. The van der Waals surface area contributed by atoms with Crippen molar-refractivity contribution >= 4 is 28.3 Å². The first-order valence-electron chi connectivity index (χ1n) is 8.54. The third kappa shape index (κ3) is 4.60. The molecule has 0 aliphatic heterocycles. The molecule has 1 aromatic heterocycles. The number of esters is 1. The summed E-state index contributed by atoms with van der Waals surface area (Å²) < 4.78 is 5.28. The monoisotopic (exact) mass is 380 g/mol. The van der Waals surface area contributed by atoms with Crippen molar-refractivity contribution in [1.82, 2.24) is 4.98 Å². The number of hydrogen-bond donors (Lipinski definition) is 1. The Kier molecular flexibility index (Phi) is 5.66. The molecule has 0 aliphatic rings. The van der Waals surface area contributed by atoms with E-state index in [9.17, 15) is 9.59 Å². The van der Waals surface area contributed by atoms with Crippen molar-refractivity contribution in [3.8, 4) is 11.3 Å². The van der Waals surface area contributed by atoms with Gasteiger partial charge in [-0.1, -0.05) is 36.4 Å². The largest absolute Gasteiger partial charge is 0.449 e. The smallest absolute Gasteiger partial charge is 0.338 e. The molecule has 0 fully saturated rings. The van der Waals surface area contributed by atoms with E-state index in [0.717, 1.165) is 22.4 Å². The molecule has 2 aromatic carbocycles. The highest BCUT2D eigenvalue weighted by atomic mass is 32.1. The third-order valence-electron chi connectivity index (χ3n) is 4.20. The molecule has 0 radical (unpaired) electrons. The van der Waals surface area contributed by atoms with E-state index in [4.69, 9.17) is 4.74 Å². The van der Waals surface area contributed by atoms with Gasteiger partial charge in [-0.15, -0.1) is 11.3 Å². The van der Waals surface area contributed by atoms with Crippen LogP contribution in [0, 0.1) is 13.8 Å². The highest BCUT2D eigenvalue weighted by Crippen LogP contribution is 2.24. The van der Waals surface area contributed by atoms with Gasteiger partial charge in [-0.25, -0.2) is 9.78 Å². The molecule has 1 amide bonds. The first-order valence-corrected chi connectivity index (χ1v) is 9.42. The van der Waals surface area contributed by atoms with Crippen LogP contribution in [0.4, 0.5) is 5.13 Å². The second kappa shape index (κ2) is 8.14. The molecule has 0 saturated carbocycles. The van der Waals surface area contributed by atoms with E-state index in [2.05, 4.69) is 10.3 Å². The van der Waals surface area contributed by atoms with Crippen LogP contribution >= 0.6 is 11.3 Å². The van der Waals surface area contributed by atoms with Gasteiger partial charge in [-0.05, 0) is 44.0 Å². The minimum atomic E-state index is -0.928. The van der Waals surface area contributed by atoms with E-state index in [1.807, 2.05) is 55.6 Å². The van der Waals surface area contributed by atoms with Crippen LogP contribution in [0.15, 0.2) is 53.9 Å². The summed E-state index contributed by atoms with van der Waals surface area (Å²) in [6.45, 7) is 5.44. The van der Waals surface area contributed by atoms with Crippen molar-refractivity contribution in [1.29, 1.82) is 0 Å². The molecule has 3 aromatic rings. The number of carbonyl (C=O) groups excluding carboxylic acids is 2. The zero-order valence-corrected chi connectivity index (χ0v) is 16.2. The number of thiazole rings is 1. The quantitative estimate of drug-likeness (QED) is 0.656. The Hall–Kier alpha value is -2.99. The predicted molar refractivity (Wildman–Crippen MR) is 107 cm³/mol. The summed E-state index contributed by atoms with van der Waals surface area (Å²) in [7, 11) is 0. The Morgan fingerprint density at radius 2 is 1.81 bits per heavy atom. The normalized spacial score (nSPS) is 11.7. The fourth-order valence-electron chi connectivity index (χ4n) is 2.43. The van der Waals surface area contributed by atoms with Crippen molar-refractivity contribution in [3.63, 3.8) is 0 Å². The zero-order chi connectivity index (χ0) is 19.4. The molecular weight excluding hydrogens is 360 g/mol. The number of aryl methyl sites for hydroxylation is 2. The number of nitrogens with one attached hydrogen (secondary N) is 1. The standard InChI is InChI=1S/C21H20N2O3S/c1-13-9-10-17(11-14(13)2)20(25)26-15(3)19(24)23-21-22-18(12-27-21)16-7-5-4-6-8-16/h4-12,15H,1-3H3,(H,22,23,24)/t15-/m0/s1. The van der Waals surface area contributed by atoms with Gasteiger partial charge in [-0.3, -0.25) is 10.1 Å². The highest BCUT2D eigenvalue weighted by molar-refractivity contribution is 7.14. The predicted octanol–water partition coefficient (Wildman–Crippen LogP) is 4.61. The SMILES string of the molecule is Cc1ccc(C(=O)O[C@@H](C)C(=O)Nc2nc(-c3ccccc3)cs2)cc1C. The van der Waals surface area contributed by atoms with Crippen molar-refractivity contribution in [2.45, 2.75) is 26.9 Å². The second-order valence-electron chi connectivity index (χ2n) is 6.24. The number of rotatable bonds is 5. The number of anilines is 1. The van der Waals surface area contributed by atoms with Gasteiger partial charge in [0, 0.05) is 10.9 Å². The van der Waals surface area contributed by atoms with Gasteiger partial charge < -0.3 is 4.74 Å². The molecule has 6 heteroatoms. The Morgan fingerprint density at radius 1 is 1.07 bits per heavy atom. The molecule has 0 unspecified atom stereocenters. The summed E-state index contributed by atoms with van der Waals surface area (Å²) in [4.78, 5) is 29.0. The van der Waals surface area contributed by atoms with E-state index >= 15 is 0 Å². The fourth-order valence-corrected chi connectivity index (χ4v) is 3.15. The summed E-state index contributed by atoms with van der Waals surface area (Å²) in [6.07, 6.45) is -0.928. The average Bonchev–Trinajstić information content (AvgIpc) is 3.13. The van der Waals surface area contributed by atoms with Crippen LogP contribution in [0.5, 0.6) is 0 Å². The summed E-state index contributed by atoms with van der Waals surface area (Å²) in [5.41, 5.74) is 4.28. The molecular formula is C21H20N2O3S. The van der Waals surface area contributed by atoms with E-state index in [1.165, 1.54) is 11.3 Å². The molecule has 3 rings (SSSR count). The molecule has 1 atom stereocenters. The Labute approximate surface area is 162 Å². The number of aromatic nitrogens is 1. The number of amides is 1. The lowest BCUT2D eigenvalue weighted by Gasteiger charge is -2.13. The number of ether oxygens (including phenoxy) is 1. The lowest BCUT2D eigenvalue weighted by atomic mass is 10.1. The number of nitrogens with zero attached hydrogens (tertiary/aromatic N) is 1. The van der Waals surface area contributed by atoms with Gasteiger partial charge >= 0.3 is 5.97 Å². The first-order chi connectivity index (χ1) is 12.9. The van der Waals surface area contributed by atoms with Crippen molar-refractivity contribution < 1.29 is 14.3 Å². The fraction of sp³-hybridized carbons (Fsp3) is 0.190.